The van der Waals surface area contributed by atoms with Gasteiger partial charge in [-0.2, -0.15) is 5.10 Å². The standard InChI is InChI=1S/C14H17N3O2/c1-3-19-12-6-4-5-10(7-12)13-8-11(9-15-2)14(18)17-16-13/h4-8,15H,3,9H2,1-2H3,(H,17,18). The third kappa shape index (κ3) is 3.20. The Kier molecular flexibility index (Phi) is 4.30. The van der Waals surface area contributed by atoms with Crippen molar-refractivity contribution in [1.29, 1.82) is 0 Å². The van der Waals surface area contributed by atoms with Crippen molar-refractivity contribution in [3.05, 3.63) is 46.2 Å². The second-order valence-electron chi connectivity index (χ2n) is 4.10. The summed E-state index contributed by atoms with van der Waals surface area (Å²) < 4.78 is 5.46. The number of nitrogens with zero attached hydrogens (tertiary/aromatic N) is 1. The van der Waals surface area contributed by atoms with Crippen molar-refractivity contribution in [2.24, 2.45) is 0 Å². The van der Waals surface area contributed by atoms with Crippen LogP contribution < -0.4 is 15.6 Å². The van der Waals surface area contributed by atoms with Gasteiger partial charge in [-0.25, -0.2) is 5.10 Å². The summed E-state index contributed by atoms with van der Waals surface area (Å²) >= 11 is 0. The molecule has 100 valence electrons. The monoisotopic (exact) mass is 259 g/mol. The molecule has 0 saturated carbocycles. The summed E-state index contributed by atoms with van der Waals surface area (Å²) in [6.07, 6.45) is 0. The van der Waals surface area contributed by atoms with Crippen molar-refractivity contribution in [2.45, 2.75) is 13.5 Å². The molecule has 5 heteroatoms. The van der Waals surface area contributed by atoms with Crippen LogP contribution in [0.1, 0.15) is 12.5 Å². The van der Waals surface area contributed by atoms with Gasteiger partial charge in [-0.05, 0) is 32.2 Å². The van der Waals surface area contributed by atoms with Crippen LogP contribution in [-0.4, -0.2) is 23.9 Å². The summed E-state index contributed by atoms with van der Waals surface area (Å²) in [5.74, 6) is 0.795. The van der Waals surface area contributed by atoms with Crippen LogP contribution in [0.3, 0.4) is 0 Å². The summed E-state index contributed by atoms with van der Waals surface area (Å²) in [5, 5.41) is 9.55. The quantitative estimate of drug-likeness (QED) is 0.855. The number of H-pyrrole nitrogens is 1. The molecule has 0 unspecified atom stereocenters. The summed E-state index contributed by atoms with van der Waals surface area (Å²) in [5.41, 5.74) is 2.14. The number of aromatic amines is 1. The number of benzene rings is 1. The molecular weight excluding hydrogens is 242 g/mol. The number of nitrogens with one attached hydrogen (secondary N) is 2. The zero-order valence-corrected chi connectivity index (χ0v) is 11.1. The fraction of sp³-hybridized carbons (Fsp3) is 0.286. The maximum absolute atomic E-state index is 11.6. The van der Waals surface area contributed by atoms with E-state index in [9.17, 15) is 4.79 Å². The molecule has 2 aromatic rings. The van der Waals surface area contributed by atoms with Crippen molar-refractivity contribution < 1.29 is 4.74 Å². The highest BCUT2D eigenvalue weighted by molar-refractivity contribution is 5.61. The Morgan fingerprint density at radius 1 is 1.37 bits per heavy atom. The molecule has 0 bridgehead atoms. The van der Waals surface area contributed by atoms with Crippen molar-refractivity contribution in [3.63, 3.8) is 0 Å². The molecule has 0 aliphatic carbocycles. The van der Waals surface area contributed by atoms with E-state index >= 15 is 0 Å². The fourth-order valence-corrected chi connectivity index (χ4v) is 1.83. The van der Waals surface area contributed by atoms with Gasteiger partial charge in [0.2, 0.25) is 0 Å². The molecule has 0 spiro atoms. The van der Waals surface area contributed by atoms with Crippen LogP contribution in [0.25, 0.3) is 11.3 Å². The Morgan fingerprint density at radius 2 is 2.21 bits per heavy atom. The largest absolute Gasteiger partial charge is 0.494 e. The van der Waals surface area contributed by atoms with Crippen LogP contribution in [0.4, 0.5) is 0 Å². The summed E-state index contributed by atoms with van der Waals surface area (Å²) in [4.78, 5) is 11.6. The predicted octanol–water partition coefficient (Wildman–Crippen LogP) is 1.55. The average molecular weight is 259 g/mol. The number of hydrogen-bond donors (Lipinski definition) is 2. The molecule has 2 N–H and O–H groups in total. The molecule has 0 fully saturated rings. The van der Waals surface area contributed by atoms with Gasteiger partial charge in [-0.3, -0.25) is 4.79 Å². The van der Waals surface area contributed by atoms with E-state index in [2.05, 4.69) is 15.5 Å². The van der Waals surface area contributed by atoms with Crippen molar-refractivity contribution >= 4 is 0 Å². The Bertz CT molecular complexity index is 608. The number of aromatic nitrogens is 2. The molecule has 1 heterocycles. The summed E-state index contributed by atoms with van der Waals surface area (Å²) in [7, 11) is 1.80. The van der Waals surface area contributed by atoms with E-state index in [1.54, 1.807) is 13.1 Å². The average Bonchev–Trinajstić information content (AvgIpc) is 2.42. The highest BCUT2D eigenvalue weighted by Gasteiger charge is 2.05. The van der Waals surface area contributed by atoms with E-state index in [-0.39, 0.29) is 5.56 Å². The van der Waals surface area contributed by atoms with Crippen LogP contribution in [0, 0.1) is 0 Å². The van der Waals surface area contributed by atoms with Crippen LogP contribution in [0.5, 0.6) is 5.75 Å². The Morgan fingerprint density at radius 3 is 2.95 bits per heavy atom. The normalized spacial score (nSPS) is 10.4. The molecule has 1 aromatic carbocycles. The molecule has 0 saturated heterocycles. The van der Waals surface area contributed by atoms with Crippen LogP contribution in [0.15, 0.2) is 35.1 Å². The van der Waals surface area contributed by atoms with E-state index in [0.717, 1.165) is 17.0 Å². The second kappa shape index (κ2) is 6.15. The minimum absolute atomic E-state index is 0.168. The van der Waals surface area contributed by atoms with Gasteiger partial charge < -0.3 is 10.1 Å². The maximum atomic E-state index is 11.6. The summed E-state index contributed by atoms with van der Waals surface area (Å²) in [6.45, 7) is 3.07. The Labute approximate surface area is 111 Å². The second-order valence-corrected chi connectivity index (χ2v) is 4.10. The zero-order chi connectivity index (χ0) is 13.7. The smallest absolute Gasteiger partial charge is 0.268 e. The number of rotatable bonds is 5. The van der Waals surface area contributed by atoms with Gasteiger partial charge >= 0.3 is 0 Å². The van der Waals surface area contributed by atoms with Gasteiger partial charge in [0.15, 0.2) is 0 Å². The predicted molar refractivity (Wildman–Crippen MR) is 74.2 cm³/mol. The van der Waals surface area contributed by atoms with Crippen LogP contribution >= 0.6 is 0 Å². The highest BCUT2D eigenvalue weighted by atomic mass is 16.5. The first-order valence-corrected chi connectivity index (χ1v) is 6.21. The molecular formula is C14H17N3O2. The molecule has 19 heavy (non-hydrogen) atoms. The molecule has 5 nitrogen and oxygen atoms in total. The van der Waals surface area contributed by atoms with Gasteiger partial charge in [-0.15, -0.1) is 0 Å². The lowest BCUT2D eigenvalue weighted by Gasteiger charge is -2.06. The molecule has 0 aliphatic heterocycles. The van der Waals surface area contributed by atoms with E-state index in [1.807, 2.05) is 31.2 Å². The van der Waals surface area contributed by atoms with Gasteiger partial charge in [-0.1, -0.05) is 12.1 Å². The maximum Gasteiger partial charge on any atom is 0.268 e. The third-order valence-corrected chi connectivity index (χ3v) is 2.69. The third-order valence-electron chi connectivity index (χ3n) is 2.69. The minimum Gasteiger partial charge on any atom is -0.494 e. The van der Waals surface area contributed by atoms with Crippen molar-refractivity contribution in [3.8, 4) is 17.0 Å². The van der Waals surface area contributed by atoms with E-state index < -0.39 is 0 Å². The van der Waals surface area contributed by atoms with Crippen LogP contribution in [-0.2, 0) is 6.54 Å². The first-order chi connectivity index (χ1) is 9.24. The Balaban J connectivity index is 2.38. The topological polar surface area (TPSA) is 67.0 Å². The van der Waals surface area contributed by atoms with Crippen molar-refractivity contribution in [2.75, 3.05) is 13.7 Å². The molecule has 0 atom stereocenters. The fourth-order valence-electron chi connectivity index (χ4n) is 1.83. The van der Waals surface area contributed by atoms with E-state index in [0.29, 0.717) is 18.7 Å². The summed E-state index contributed by atoms with van der Waals surface area (Å²) in [6, 6.07) is 9.44. The SMILES string of the molecule is CCOc1cccc(-c2cc(CNC)c(=O)[nH]n2)c1. The lowest BCUT2D eigenvalue weighted by molar-refractivity contribution is 0.340. The molecule has 1 aromatic heterocycles. The van der Waals surface area contributed by atoms with Gasteiger partial charge in [0.05, 0.1) is 12.3 Å². The molecule has 0 aliphatic rings. The van der Waals surface area contributed by atoms with Crippen LogP contribution in [0.2, 0.25) is 0 Å². The lowest BCUT2D eigenvalue weighted by atomic mass is 10.1. The first kappa shape index (κ1) is 13.3. The zero-order valence-electron chi connectivity index (χ0n) is 11.1. The lowest BCUT2D eigenvalue weighted by Crippen LogP contribution is -2.19. The van der Waals surface area contributed by atoms with E-state index in [4.69, 9.17) is 4.74 Å². The number of hydrogen-bond acceptors (Lipinski definition) is 4. The molecule has 2 rings (SSSR count). The van der Waals surface area contributed by atoms with Crippen molar-refractivity contribution in [1.82, 2.24) is 15.5 Å². The molecule has 0 radical (unpaired) electrons. The van der Waals surface area contributed by atoms with Gasteiger partial charge in [0.1, 0.15) is 5.75 Å². The first-order valence-electron chi connectivity index (χ1n) is 6.21. The molecule has 0 amide bonds. The Hall–Kier alpha value is -2.14. The minimum atomic E-state index is -0.168. The van der Waals surface area contributed by atoms with Gasteiger partial charge in [0, 0.05) is 17.7 Å². The number of ether oxygens (including phenoxy) is 1. The highest BCUT2D eigenvalue weighted by Crippen LogP contribution is 2.21. The van der Waals surface area contributed by atoms with Gasteiger partial charge in [0.25, 0.3) is 5.56 Å². The van der Waals surface area contributed by atoms with E-state index in [1.165, 1.54) is 0 Å².